The summed E-state index contributed by atoms with van der Waals surface area (Å²) in [7, 11) is 0. The van der Waals surface area contributed by atoms with Gasteiger partial charge >= 0.3 is 5.97 Å². The fourth-order valence-corrected chi connectivity index (χ4v) is 2.84. The molecule has 0 saturated carbocycles. The second-order valence-electron chi connectivity index (χ2n) is 5.65. The van der Waals surface area contributed by atoms with Crippen LogP contribution in [0.5, 0.6) is 0 Å². The molecule has 1 aliphatic heterocycles. The molecule has 6 heteroatoms. The molecule has 1 unspecified atom stereocenters. The average molecular weight is 338 g/mol. The highest BCUT2D eigenvalue weighted by Gasteiger charge is 2.31. The Labute approximate surface area is 145 Å². The van der Waals surface area contributed by atoms with Crippen molar-refractivity contribution in [3.05, 3.63) is 59.7 Å². The Balaban J connectivity index is 1.87. The number of esters is 1. The fraction of sp³-hybridized carbons (Fsp3) is 0.211. The molecule has 0 radical (unpaired) electrons. The normalized spacial score (nSPS) is 15.7. The third-order valence-corrected chi connectivity index (χ3v) is 4.00. The Kier molecular flexibility index (Phi) is 4.79. The van der Waals surface area contributed by atoms with Gasteiger partial charge in [-0.15, -0.1) is 0 Å². The number of nitrogens with one attached hydrogen (secondary N) is 2. The molecule has 1 heterocycles. The van der Waals surface area contributed by atoms with E-state index in [1.54, 1.807) is 43.3 Å². The van der Waals surface area contributed by atoms with E-state index in [1.807, 2.05) is 12.1 Å². The molecule has 0 spiro atoms. The van der Waals surface area contributed by atoms with Crippen LogP contribution in [0.2, 0.25) is 0 Å². The van der Waals surface area contributed by atoms with E-state index >= 15 is 0 Å². The summed E-state index contributed by atoms with van der Waals surface area (Å²) in [6.45, 7) is 1.97. The van der Waals surface area contributed by atoms with Gasteiger partial charge in [0.05, 0.1) is 23.8 Å². The van der Waals surface area contributed by atoms with Crippen LogP contribution in [-0.2, 0) is 14.3 Å². The minimum Gasteiger partial charge on any atom is -0.462 e. The topological polar surface area (TPSA) is 84.5 Å². The first-order chi connectivity index (χ1) is 12.1. The van der Waals surface area contributed by atoms with Crippen molar-refractivity contribution in [3.63, 3.8) is 0 Å². The second kappa shape index (κ2) is 7.17. The third-order valence-electron chi connectivity index (χ3n) is 4.00. The Bertz CT molecular complexity index is 832. The van der Waals surface area contributed by atoms with E-state index in [0.29, 0.717) is 11.4 Å². The van der Waals surface area contributed by atoms with Gasteiger partial charge < -0.3 is 15.4 Å². The van der Waals surface area contributed by atoms with E-state index in [1.165, 1.54) is 0 Å². The third kappa shape index (κ3) is 3.52. The molecule has 2 amide bonds. The van der Waals surface area contributed by atoms with Gasteiger partial charge in [-0.1, -0.05) is 30.3 Å². The molecule has 0 aliphatic carbocycles. The predicted octanol–water partition coefficient (Wildman–Crippen LogP) is 2.93. The molecule has 0 fully saturated rings. The quantitative estimate of drug-likeness (QED) is 0.840. The summed E-state index contributed by atoms with van der Waals surface area (Å²) < 4.78 is 5.01. The lowest BCUT2D eigenvalue weighted by Crippen LogP contribution is -2.31. The zero-order valence-corrected chi connectivity index (χ0v) is 13.7. The standard InChI is InChI=1S/C19H18N2O4/c1-2-25-19(24)13-8-4-6-10-16(13)21-18(23)14-11-17(22)20-15-9-5-3-7-12(14)15/h3-10,14H,2,11H2,1H3,(H,20,22)(H,21,23). The van der Waals surface area contributed by atoms with Gasteiger partial charge in [-0.2, -0.15) is 0 Å². The van der Waals surface area contributed by atoms with E-state index in [0.717, 1.165) is 5.56 Å². The summed E-state index contributed by atoms with van der Waals surface area (Å²) in [6, 6.07) is 13.9. The lowest BCUT2D eigenvalue weighted by molar-refractivity contribution is -0.123. The molecule has 2 N–H and O–H groups in total. The number of para-hydroxylation sites is 2. The number of anilines is 2. The lowest BCUT2D eigenvalue weighted by Gasteiger charge is -2.25. The first-order valence-electron chi connectivity index (χ1n) is 8.06. The van der Waals surface area contributed by atoms with Crippen molar-refractivity contribution in [2.24, 2.45) is 0 Å². The molecule has 3 rings (SSSR count). The molecular weight excluding hydrogens is 320 g/mol. The number of benzene rings is 2. The van der Waals surface area contributed by atoms with Gasteiger partial charge in [-0.05, 0) is 30.7 Å². The lowest BCUT2D eigenvalue weighted by atomic mass is 9.89. The molecule has 6 nitrogen and oxygen atoms in total. The largest absolute Gasteiger partial charge is 0.462 e. The SMILES string of the molecule is CCOC(=O)c1ccccc1NC(=O)C1CC(=O)Nc2ccccc21. The summed E-state index contributed by atoms with van der Waals surface area (Å²) in [5, 5.41) is 5.52. The van der Waals surface area contributed by atoms with Crippen LogP contribution in [0.3, 0.4) is 0 Å². The minimum absolute atomic E-state index is 0.0599. The highest BCUT2D eigenvalue weighted by molar-refractivity contribution is 6.07. The Morgan fingerprint density at radius 1 is 1.16 bits per heavy atom. The van der Waals surface area contributed by atoms with E-state index in [4.69, 9.17) is 4.74 Å². The Morgan fingerprint density at radius 2 is 1.88 bits per heavy atom. The monoisotopic (exact) mass is 338 g/mol. The van der Waals surface area contributed by atoms with Crippen LogP contribution >= 0.6 is 0 Å². The summed E-state index contributed by atoms with van der Waals surface area (Å²) in [4.78, 5) is 36.7. The number of hydrogen-bond acceptors (Lipinski definition) is 4. The van der Waals surface area contributed by atoms with Gasteiger partial charge in [0.15, 0.2) is 0 Å². The van der Waals surface area contributed by atoms with Crippen LogP contribution in [0.4, 0.5) is 11.4 Å². The van der Waals surface area contributed by atoms with Crippen molar-refractivity contribution in [3.8, 4) is 0 Å². The van der Waals surface area contributed by atoms with Crippen LogP contribution in [0.15, 0.2) is 48.5 Å². The number of fused-ring (bicyclic) bond motifs is 1. The maximum absolute atomic E-state index is 12.8. The Hall–Kier alpha value is -3.15. The summed E-state index contributed by atoms with van der Waals surface area (Å²) in [5.74, 6) is -1.66. The van der Waals surface area contributed by atoms with E-state index in [-0.39, 0.29) is 30.4 Å². The molecule has 25 heavy (non-hydrogen) atoms. The van der Waals surface area contributed by atoms with Gasteiger partial charge in [0.25, 0.3) is 0 Å². The number of carbonyl (C=O) groups excluding carboxylic acids is 3. The van der Waals surface area contributed by atoms with Gasteiger partial charge in [0, 0.05) is 12.1 Å². The first-order valence-corrected chi connectivity index (χ1v) is 8.06. The van der Waals surface area contributed by atoms with Gasteiger partial charge in [-0.3, -0.25) is 9.59 Å². The van der Waals surface area contributed by atoms with Gasteiger partial charge in [-0.25, -0.2) is 4.79 Å². The van der Waals surface area contributed by atoms with Crippen molar-refractivity contribution in [2.75, 3.05) is 17.2 Å². The van der Waals surface area contributed by atoms with E-state index < -0.39 is 11.9 Å². The van der Waals surface area contributed by atoms with E-state index in [9.17, 15) is 14.4 Å². The van der Waals surface area contributed by atoms with Crippen molar-refractivity contribution in [1.82, 2.24) is 0 Å². The number of rotatable bonds is 4. The number of hydrogen-bond donors (Lipinski definition) is 2. The summed E-state index contributed by atoms with van der Waals surface area (Å²) in [6.07, 6.45) is 0.0599. The molecular formula is C19H18N2O4. The summed E-state index contributed by atoms with van der Waals surface area (Å²) >= 11 is 0. The average Bonchev–Trinajstić information content (AvgIpc) is 2.61. The molecule has 2 aromatic rings. The van der Waals surface area contributed by atoms with Crippen LogP contribution in [-0.4, -0.2) is 24.4 Å². The molecule has 0 saturated heterocycles. The minimum atomic E-state index is -0.611. The predicted molar refractivity (Wildman–Crippen MR) is 93.5 cm³/mol. The van der Waals surface area contributed by atoms with Crippen molar-refractivity contribution < 1.29 is 19.1 Å². The highest BCUT2D eigenvalue weighted by Crippen LogP contribution is 2.33. The highest BCUT2D eigenvalue weighted by atomic mass is 16.5. The molecule has 1 atom stereocenters. The summed E-state index contributed by atoms with van der Waals surface area (Å²) in [5.41, 5.74) is 2.05. The number of ether oxygens (including phenoxy) is 1. The first kappa shape index (κ1) is 16.7. The van der Waals surface area contributed by atoms with Crippen molar-refractivity contribution in [1.29, 1.82) is 0 Å². The maximum atomic E-state index is 12.8. The van der Waals surface area contributed by atoms with Gasteiger partial charge in [0.2, 0.25) is 11.8 Å². The zero-order valence-electron chi connectivity index (χ0n) is 13.7. The molecule has 2 aromatic carbocycles. The van der Waals surface area contributed by atoms with Crippen LogP contribution in [0.1, 0.15) is 35.2 Å². The second-order valence-corrected chi connectivity index (χ2v) is 5.65. The smallest absolute Gasteiger partial charge is 0.340 e. The number of carbonyl (C=O) groups is 3. The van der Waals surface area contributed by atoms with Gasteiger partial charge in [0.1, 0.15) is 0 Å². The molecule has 1 aliphatic rings. The van der Waals surface area contributed by atoms with Crippen LogP contribution < -0.4 is 10.6 Å². The molecule has 0 bridgehead atoms. The number of amides is 2. The fourth-order valence-electron chi connectivity index (χ4n) is 2.84. The van der Waals surface area contributed by atoms with Crippen molar-refractivity contribution >= 4 is 29.2 Å². The van der Waals surface area contributed by atoms with Crippen molar-refractivity contribution in [2.45, 2.75) is 19.3 Å². The van der Waals surface area contributed by atoms with Crippen LogP contribution in [0.25, 0.3) is 0 Å². The molecule has 0 aromatic heterocycles. The maximum Gasteiger partial charge on any atom is 0.340 e. The zero-order chi connectivity index (χ0) is 17.8. The van der Waals surface area contributed by atoms with Crippen LogP contribution in [0, 0.1) is 0 Å². The van der Waals surface area contributed by atoms with E-state index in [2.05, 4.69) is 10.6 Å². The Morgan fingerprint density at radius 3 is 2.68 bits per heavy atom. The molecule has 128 valence electrons.